The normalized spacial score (nSPS) is 12.5. The Morgan fingerprint density at radius 2 is 2.18 bits per heavy atom. The molecule has 0 aromatic heterocycles. The van der Waals surface area contributed by atoms with Crippen LogP contribution in [0.1, 0.15) is 38.3 Å². The number of halogens is 2. The molecule has 0 heterocycles. The molecule has 1 atom stereocenters. The van der Waals surface area contributed by atoms with Gasteiger partial charge in [0.1, 0.15) is 5.82 Å². The first kappa shape index (κ1) is 14.2. The number of rotatable bonds is 6. The van der Waals surface area contributed by atoms with Crippen LogP contribution in [0.4, 0.5) is 4.39 Å². The van der Waals surface area contributed by atoms with E-state index in [1.807, 2.05) is 6.92 Å². The monoisotopic (exact) mass is 255 g/mol. The van der Waals surface area contributed by atoms with Gasteiger partial charge in [0.05, 0.1) is 0 Å². The van der Waals surface area contributed by atoms with Crippen LogP contribution in [0.2, 0.25) is 5.02 Å². The third-order valence-electron chi connectivity index (χ3n) is 2.78. The molecule has 0 bridgehead atoms. The molecule has 0 radical (unpaired) electrons. The van der Waals surface area contributed by atoms with E-state index in [2.05, 4.69) is 18.8 Å². The van der Waals surface area contributed by atoms with Crippen molar-refractivity contribution >= 4 is 11.6 Å². The summed E-state index contributed by atoms with van der Waals surface area (Å²) in [5, 5.41) is 3.83. The van der Waals surface area contributed by atoms with Gasteiger partial charge in [-0.25, -0.2) is 4.39 Å². The summed E-state index contributed by atoms with van der Waals surface area (Å²) in [5.74, 6) is -0.302. The molecule has 0 aliphatic carbocycles. The Labute approximate surface area is 108 Å². The zero-order valence-corrected chi connectivity index (χ0v) is 11.1. The van der Waals surface area contributed by atoms with Crippen LogP contribution in [-0.2, 0) is 0 Å². The van der Waals surface area contributed by atoms with Gasteiger partial charge in [0.2, 0.25) is 0 Å². The highest BCUT2D eigenvalue weighted by Crippen LogP contribution is 2.28. The van der Waals surface area contributed by atoms with Crippen molar-refractivity contribution in [3.8, 4) is 0 Å². The van der Waals surface area contributed by atoms with E-state index in [-0.39, 0.29) is 11.9 Å². The van der Waals surface area contributed by atoms with E-state index >= 15 is 0 Å². The zero-order valence-electron chi connectivity index (χ0n) is 10.4. The van der Waals surface area contributed by atoms with Crippen molar-refractivity contribution in [2.75, 3.05) is 6.54 Å². The molecule has 3 heteroatoms. The Bertz CT molecular complexity index is 390. The van der Waals surface area contributed by atoms with Crippen LogP contribution in [-0.4, -0.2) is 6.54 Å². The molecule has 1 aromatic rings. The summed E-state index contributed by atoms with van der Waals surface area (Å²) in [6.45, 7) is 8.98. The first-order valence-corrected chi connectivity index (χ1v) is 6.31. The van der Waals surface area contributed by atoms with Gasteiger partial charge < -0.3 is 5.32 Å². The number of hydrogen-bond acceptors (Lipinski definition) is 1. The van der Waals surface area contributed by atoms with Crippen molar-refractivity contribution in [2.24, 2.45) is 0 Å². The molecular formula is C14H19ClFN. The summed E-state index contributed by atoms with van der Waals surface area (Å²) in [6.07, 6.45) is 1.77. The molecule has 1 unspecified atom stereocenters. The third-order valence-corrected chi connectivity index (χ3v) is 3.11. The first-order valence-electron chi connectivity index (χ1n) is 5.93. The van der Waals surface area contributed by atoms with E-state index in [1.54, 1.807) is 6.07 Å². The SMILES string of the molecule is C=C(CC)CC(NCC)c1ccc(F)cc1Cl. The Hall–Kier alpha value is -0.860. The van der Waals surface area contributed by atoms with Crippen molar-refractivity contribution in [3.63, 3.8) is 0 Å². The van der Waals surface area contributed by atoms with Crippen molar-refractivity contribution in [1.82, 2.24) is 5.32 Å². The molecule has 94 valence electrons. The molecule has 17 heavy (non-hydrogen) atoms. The zero-order chi connectivity index (χ0) is 12.8. The van der Waals surface area contributed by atoms with Gasteiger partial charge in [-0.05, 0) is 37.1 Å². The summed E-state index contributed by atoms with van der Waals surface area (Å²) >= 11 is 6.08. The molecule has 0 saturated carbocycles. The average molecular weight is 256 g/mol. The highest BCUT2D eigenvalue weighted by atomic mass is 35.5. The Kier molecular flexibility index (Phi) is 5.66. The predicted octanol–water partition coefficient (Wildman–Crippen LogP) is 4.49. The molecule has 0 amide bonds. The van der Waals surface area contributed by atoms with Gasteiger partial charge >= 0.3 is 0 Å². The Morgan fingerprint density at radius 3 is 2.71 bits per heavy atom. The van der Waals surface area contributed by atoms with Crippen LogP contribution < -0.4 is 5.32 Å². The molecule has 1 rings (SSSR count). The topological polar surface area (TPSA) is 12.0 Å². The lowest BCUT2D eigenvalue weighted by molar-refractivity contribution is 0.541. The molecule has 1 aromatic carbocycles. The molecular weight excluding hydrogens is 237 g/mol. The van der Waals surface area contributed by atoms with Crippen LogP contribution >= 0.6 is 11.6 Å². The van der Waals surface area contributed by atoms with E-state index < -0.39 is 0 Å². The van der Waals surface area contributed by atoms with Gasteiger partial charge in [-0.2, -0.15) is 0 Å². The van der Waals surface area contributed by atoms with Gasteiger partial charge in [0, 0.05) is 11.1 Å². The lowest BCUT2D eigenvalue weighted by Gasteiger charge is -2.20. The molecule has 0 aliphatic rings. The number of benzene rings is 1. The second-order valence-corrected chi connectivity index (χ2v) is 4.49. The summed E-state index contributed by atoms with van der Waals surface area (Å²) in [6, 6.07) is 4.66. The molecule has 1 nitrogen and oxygen atoms in total. The molecule has 0 fully saturated rings. The lowest BCUT2D eigenvalue weighted by atomic mass is 9.98. The second-order valence-electron chi connectivity index (χ2n) is 4.08. The fraction of sp³-hybridized carbons (Fsp3) is 0.429. The van der Waals surface area contributed by atoms with Crippen LogP contribution in [0.15, 0.2) is 30.4 Å². The van der Waals surface area contributed by atoms with Crippen molar-refractivity contribution in [2.45, 2.75) is 32.7 Å². The van der Waals surface area contributed by atoms with E-state index in [1.165, 1.54) is 12.1 Å². The van der Waals surface area contributed by atoms with Gasteiger partial charge in [0.15, 0.2) is 0 Å². The van der Waals surface area contributed by atoms with E-state index in [9.17, 15) is 4.39 Å². The van der Waals surface area contributed by atoms with Gasteiger partial charge in [-0.1, -0.05) is 43.7 Å². The summed E-state index contributed by atoms with van der Waals surface area (Å²) in [5.41, 5.74) is 2.10. The maximum absolute atomic E-state index is 13.0. The highest BCUT2D eigenvalue weighted by Gasteiger charge is 2.14. The molecule has 1 N–H and O–H groups in total. The van der Waals surface area contributed by atoms with Crippen molar-refractivity contribution in [3.05, 3.63) is 46.8 Å². The minimum Gasteiger partial charge on any atom is -0.310 e. The maximum Gasteiger partial charge on any atom is 0.124 e. The minimum atomic E-state index is -0.302. The molecule has 0 spiro atoms. The Balaban J connectivity index is 2.92. The first-order chi connectivity index (χ1) is 8.08. The predicted molar refractivity (Wildman–Crippen MR) is 71.9 cm³/mol. The third kappa shape index (κ3) is 4.14. The fourth-order valence-corrected chi connectivity index (χ4v) is 2.05. The fourth-order valence-electron chi connectivity index (χ4n) is 1.76. The standard InChI is InChI=1S/C14H19ClFN/c1-4-10(3)8-14(17-5-2)12-7-6-11(16)9-13(12)15/h6-7,9,14,17H,3-5,8H2,1-2H3. The maximum atomic E-state index is 13.0. The van der Waals surface area contributed by atoms with E-state index in [4.69, 9.17) is 11.6 Å². The summed E-state index contributed by atoms with van der Waals surface area (Å²) < 4.78 is 13.0. The molecule has 0 saturated heterocycles. The van der Waals surface area contributed by atoms with Crippen LogP contribution in [0, 0.1) is 5.82 Å². The lowest BCUT2D eigenvalue weighted by Crippen LogP contribution is -2.21. The number of nitrogens with one attached hydrogen (secondary N) is 1. The number of hydrogen-bond donors (Lipinski definition) is 1. The van der Waals surface area contributed by atoms with Crippen molar-refractivity contribution in [1.29, 1.82) is 0 Å². The quantitative estimate of drug-likeness (QED) is 0.739. The van der Waals surface area contributed by atoms with Crippen LogP contribution in [0.3, 0.4) is 0 Å². The van der Waals surface area contributed by atoms with Gasteiger partial charge in [-0.3, -0.25) is 0 Å². The van der Waals surface area contributed by atoms with Crippen LogP contribution in [0.25, 0.3) is 0 Å². The highest BCUT2D eigenvalue weighted by molar-refractivity contribution is 6.31. The second kappa shape index (κ2) is 6.77. The van der Waals surface area contributed by atoms with E-state index in [0.717, 1.165) is 30.5 Å². The van der Waals surface area contributed by atoms with E-state index in [0.29, 0.717) is 5.02 Å². The largest absolute Gasteiger partial charge is 0.310 e. The van der Waals surface area contributed by atoms with Gasteiger partial charge in [0.25, 0.3) is 0 Å². The minimum absolute atomic E-state index is 0.112. The van der Waals surface area contributed by atoms with Crippen LogP contribution in [0.5, 0.6) is 0 Å². The summed E-state index contributed by atoms with van der Waals surface area (Å²) in [7, 11) is 0. The smallest absolute Gasteiger partial charge is 0.124 e. The van der Waals surface area contributed by atoms with Crippen molar-refractivity contribution < 1.29 is 4.39 Å². The average Bonchev–Trinajstić information content (AvgIpc) is 2.28. The molecule has 0 aliphatic heterocycles. The Morgan fingerprint density at radius 1 is 1.47 bits per heavy atom. The summed E-state index contributed by atoms with van der Waals surface area (Å²) in [4.78, 5) is 0. The van der Waals surface area contributed by atoms with Gasteiger partial charge in [-0.15, -0.1) is 0 Å².